The lowest BCUT2D eigenvalue weighted by Crippen LogP contribution is -2.39. The molecule has 6 rings (SSSR count). The topological polar surface area (TPSA) is 158 Å². The zero-order valence-electron chi connectivity index (χ0n) is 33.7. The number of phenolic OH excluding ortho intramolecular Hbond substituents is 1. The molecule has 3 N–H and O–H groups in total. The Morgan fingerprint density at radius 1 is 0.627 bits per heavy atom. The van der Waals surface area contributed by atoms with E-state index in [9.17, 15) is 24.3 Å². The van der Waals surface area contributed by atoms with Crippen LogP contribution in [0.5, 0.6) is 11.5 Å². The SMILES string of the molecule is CCCBr.CCCOc1ccc2c(c1Cc1ccc(Cl)cc1)c(=O)n(CCCO)c(=O)n2C.Cn1c(=O)n(CCCO)c(=O)c2c(Cc3ccc(Cl)cc3)c(O)ccc21. The van der Waals surface area contributed by atoms with Gasteiger partial charge in [0.1, 0.15) is 11.5 Å². The number of aryl methyl sites for hydroxylation is 2. The zero-order valence-corrected chi connectivity index (χ0v) is 36.8. The lowest BCUT2D eigenvalue weighted by atomic mass is 9.99. The maximum atomic E-state index is 13.3. The van der Waals surface area contributed by atoms with Gasteiger partial charge in [-0.1, -0.05) is 77.2 Å². The van der Waals surface area contributed by atoms with E-state index in [1.807, 2.05) is 49.4 Å². The van der Waals surface area contributed by atoms with Gasteiger partial charge in [0, 0.05) is 79.7 Å². The number of aliphatic hydroxyl groups is 2. The summed E-state index contributed by atoms with van der Waals surface area (Å²) in [5.41, 5.74) is 2.44. The molecular weight excluding hydrogens is 863 g/mol. The fourth-order valence-corrected chi connectivity index (χ4v) is 6.71. The summed E-state index contributed by atoms with van der Waals surface area (Å²) in [6, 6.07) is 21.2. The third-order valence-electron chi connectivity index (χ3n) is 9.51. The standard InChI is InChI=1S/C22H25ClN2O4.C19H19ClN2O4.C3H7Br/c1-3-13-29-19-10-9-18-20(17(19)14-15-5-7-16(23)8-6-15)21(27)25(11-4-12-26)22(28)24(18)2;1-21-15-7-8-16(24)14(11-12-3-5-13(20)6-4-12)17(15)18(25)22(19(21)26)9-2-10-23;1-2-3-4/h5-10,26H,3-4,11-14H2,1-2H3;3-8,23-24H,2,9-11H2,1H3;2-3H2,1H3. The van der Waals surface area contributed by atoms with Gasteiger partial charge < -0.3 is 20.1 Å². The maximum Gasteiger partial charge on any atom is 0.331 e. The van der Waals surface area contributed by atoms with E-state index in [-0.39, 0.29) is 37.6 Å². The number of hydrogen-bond acceptors (Lipinski definition) is 8. The first kappa shape index (κ1) is 47.0. The van der Waals surface area contributed by atoms with E-state index >= 15 is 0 Å². The number of aliphatic hydroxyl groups excluding tert-OH is 2. The molecule has 0 bridgehead atoms. The van der Waals surface area contributed by atoms with Crippen LogP contribution in [0, 0.1) is 0 Å². The van der Waals surface area contributed by atoms with E-state index in [2.05, 4.69) is 22.9 Å². The van der Waals surface area contributed by atoms with E-state index in [0.29, 0.717) is 75.5 Å². The molecule has 0 aliphatic rings. The number of phenols is 1. The molecule has 59 heavy (non-hydrogen) atoms. The summed E-state index contributed by atoms with van der Waals surface area (Å²) in [4.78, 5) is 51.4. The molecule has 0 radical (unpaired) electrons. The molecule has 12 nitrogen and oxygen atoms in total. The molecule has 0 unspecified atom stereocenters. The molecule has 2 heterocycles. The number of halogens is 3. The Morgan fingerprint density at radius 3 is 1.47 bits per heavy atom. The molecule has 0 amide bonds. The van der Waals surface area contributed by atoms with Crippen molar-refractivity contribution in [2.75, 3.05) is 25.2 Å². The minimum atomic E-state index is -0.462. The van der Waals surface area contributed by atoms with E-state index in [1.54, 1.807) is 38.4 Å². The summed E-state index contributed by atoms with van der Waals surface area (Å²) >= 11 is 15.2. The average Bonchev–Trinajstić information content (AvgIpc) is 3.24. The summed E-state index contributed by atoms with van der Waals surface area (Å²) in [6.07, 6.45) is 3.51. The largest absolute Gasteiger partial charge is 0.508 e. The van der Waals surface area contributed by atoms with Crippen LogP contribution in [0.3, 0.4) is 0 Å². The first-order valence-corrected chi connectivity index (χ1v) is 21.3. The minimum absolute atomic E-state index is 0.00286. The summed E-state index contributed by atoms with van der Waals surface area (Å²) in [6.45, 7) is 4.76. The summed E-state index contributed by atoms with van der Waals surface area (Å²) in [5, 5.41) is 31.7. The van der Waals surface area contributed by atoms with Gasteiger partial charge in [-0.2, -0.15) is 0 Å². The van der Waals surface area contributed by atoms with Crippen LogP contribution < -0.4 is 27.2 Å². The molecule has 6 aromatic rings. The first-order valence-electron chi connectivity index (χ1n) is 19.4. The van der Waals surface area contributed by atoms with E-state index in [4.69, 9.17) is 38.2 Å². The molecule has 0 spiro atoms. The summed E-state index contributed by atoms with van der Waals surface area (Å²) in [7, 11) is 3.24. The number of nitrogens with zero attached hydrogens (tertiary/aromatic N) is 4. The predicted octanol–water partition coefficient (Wildman–Crippen LogP) is 6.94. The average molecular weight is 915 g/mol. The van der Waals surface area contributed by atoms with Crippen LogP contribution in [0.25, 0.3) is 21.8 Å². The molecule has 15 heteroatoms. The van der Waals surface area contributed by atoms with Crippen molar-refractivity contribution >= 4 is 60.9 Å². The molecule has 0 saturated heterocycles. The number of rotatable bonds is 14. The van der Waals surface area contributed by atoms with E-state index < -0.39 is 16.9 Å². The Labute approximate surface area is 360 Å². The van der Waals surface area contributed by atoms with Crippen molar-refractivity contribution in [3.63, 3.8) is 0 Å². The highest BCUT2D eigenvalue weighted by molar-refractivity contribution is 9.09. The van der Waals surface area contributed by atoms with Crippen molar-refractivity contribution in [2.24, 2.45) is 14.1 Å². The van der Waals surface area contributed by atoms with Crippen LogP contribution in [0.4, 0.5) is 0 Å². The third kappa shape index (κ3) is 11.5. The molecule has 0 fully saturated rings. The Morgan fingerprint density at radius 2 is 1.05 bits per heavy atom. The normalized spacial score (nSPS) is 10.9. The third-order valence-corrected chi connectivity index (χ3v) is 10.8. The quantitative estimate of drug-likeness (QED) is 0.0993. The summed E-state index contributed by atoms with van der Waals surface area (Å²) in [5.74, 6) is 0.635. The second kappa shape index (κ2) is 22.6. The van der Waals surface area contributed by atoms with Crippen LogP contribution in [0.15, 0.2) is 92.0 Å². The number of aromatic hydroxyl groups is 1. The lowest BCUT2D eigenvalue weighted by Gasteiger charge is -2.17. The predicted molar refractivity (Wildman–Crippen MR) is 240 cm³/mol. The molecule has 0 aliphatic carbocycles. The molecule has 4 aromatic carbocycles. The minimum Gasteiger partial charge on any atom is -0.508 e. The smallest absolute Gasteiger partial charge is 0.331 e. The Balaban J connectivity index is 0.000000240. The van der Waals surface area contributed by atoms with Crippen molar-refractivity contribution in [1.82, 2.24) is 18.3 Å². The van der Waals surface area contributed by atoms with Crippen molar-refractivity contribution in [2.45, 2.75) is 65.5 Å². The van der Waals surface area contributed by atoms with Gasteiger partial charge in [-0.3, -0.25) is 27.9 Å². The van der Waals surface area contributed by atoms with Gasteiger partial charge in [-0.25, -0.2) is 9.59 Å². The van der Waals surface area contributed by atoms with E-state index in [0.717, 1.165) is 33.0 Å². The van der Waals surface area contributed by atoms with Crippen LogP contribution in [0.1, 0.15) is 61.8 Å². The Bertz CT molecular complexity index is 2580. The monoisotopic (exact) mass is 912 g/mol. The number of hydrogen-bond donors (Lipinski definition) is 3. The maximum absolute atomic E-state index is 13.3. The van der Waals surface area contributed by atoms with Crippen LogP contribution in [-0.4, -0.2) is 58.7 Å². The number of alkyl halides is 1. The van der Waals surface area contributed by atoms with Gasteiger partial charge in [0.15, 0.2) is 0 Å². The molecule has 0 atom stereocenters. The van der Waals surface area contributed by atoms with Crippen LogP contribution in [-0.2, 0) is 40.0 Å². The van der Waals surface area contributed by atoms with Crippen LogP contribution >= 0.6 is 39.1 Å². The summed E-state index contributed by atoms with van der Waals surface area (Å²) < 4.78 is 11.1. The fraction of sp³-hybridized carbons (Fsp3) is 0.364. The highest BCUT2D eigenvalue weighted by Gasteiger charge is 2.20. The molecule has 2 aromatic heterocycles. The van der Waals surface area contributed by atoms with Gasteiger partial charge in [0.25, 0.3) is 11.1 Å². The van der Waals surface area contributed by atoms with E-state index in [1.165, 1.54) is 26.2 Å². The fourth-order valence-electron chi connectivity index (χ4n) is 6.46. The van der Waals surface area contributed by atoms with Crippen molar-refractivity contribution < 1.29 is 20.1 Å². The van der Waals surface area contributed by atoms with Gasteiger partial charge in [-0.15, -0.1) is 0 Å². The van der Waals surface area contributed by atoms with Gasteiger partial charge in [0.05, 0.1) is 28.4 Å². The lowest BCUT2D eigenvalue weighted by molar-refractivity contribution is 0.277. The highest BCUT2D eigenvalue weighted by Crippen LogP contribution is 2.29. The Kier molecular flexibility index (Phi) is 18.0. The van der Waals surface area contributed by atoms with Gasteiger partial charge in [0.2, 0.25) is 0 Å². The Hall–Kier alpha value is -4.66. The van der Waals surface area contributed by atoms with Crippen LogP contribution in [0.2, 0.25) is 10.0 Å². The second-order valence-corrected chi connectivity index (χ2v) is 15.5. The van der Waals surface area contributed by atoms with Crippen molar-refractivity contribution in [3.8, 4) is 11.5 Å². The highest BCUT2D eigenvalue weighted by atomic mass is 79.9. The van der Waals surface area contributed by atoms with Crippen molar-refractivity contribution in [3.05, 3.63) is 147 Å². The number of benzene rings is 4. The first-order chi connectivity index (χ1) is 28.3. The zero-order chi connectivity index (χ0) is 43.2. The number of ether oxygens (including phenoxy) is 1. The van der Waals surface area contributed by atoms with Gasteiger partial charge in [-0.05, 0) is 85.3 Å². The molecule has 0 saturated carbocycles. The molecule has 0 aliphatic heterocycles. The van der Waals surface area contributed by atoms with Crippen molar-refractivity contribution in [1.29, 1.82) is 0 Å². The second-order valence-electron chi connectivity index (χ2n) is 13.8. The molecule has 316 valence electrons. The van der Waals surface area contributed by atoms with Gasteiger partial charge >= 0.3 is 11.4 Å². The number of fused-ring (bicyclic) bond motifs is 2. The number of aromatic nitrogens is 4. The molecular formula is C44H51BrCl2N4O8.